The number of hydrogen-bond donors (Lipinski definition) is 2. The standard InChI is InChI=1S/C10H15NO3/c1-3-4-5-9(2)8-14-10(13)11-6-7-12/h3-5,12H,1-2,6-8H2,(H,11,13)/b5-4-. The van der Waals surface area contributed by atoms with Crippen LogP contribution in [0.25, 0.3) is 0 Å². The molecule has 0 bridgehead atoms. The van der Waals surface area contributed by atoms with Gasteiger partial charge in [0.2, 0.25) is 0 Å². The van der Waals surface area contributed by atoms with Gasteiger partial charge in [-0.1, -0.05) is 31.4 Å². The van der Waals surface area contributed by atoms with Gasteiger partial charge in [-0.15, -0.1) is 0 Å². The van der Waals surface area contributed by atoms with Crippen molar-refractivity contribution in [1.29, 1.82) is 0 Å². The van der Waals surface area contributed by atoms with Gasteiger partial charge < -0.3 is 15.2 Å². The van der Waals surface area contributed by atoms with Crippen LogP contribution in [0.5, 0.6) is 0 Å². The fourth-order valence-electron chi connectivity index (χ4n) is 0.619. The fraction of sp³-hybridized carbons (Fsp3) is 0.300. The molecule has 14 heavy (non-hydrogen) atoms. The van der Waals surface area contributed by atoms with Crippen LogP contribution in [-0.2, 0) is 4.74 Å². The van der Waals surface area contributed by atoms with Gasteiger partial charge in [0.25, 0.3) is 0 Å². The van der Waals surface area contributed by atoms with Crippen LogP contribution in [0.1, 0.15) is 0 Å². The molecular weight excluding hydrogens is 182 g/mol. The first-order chi connectivity index (χ1) is 6.70. The smallest absolute Gasteiger partial charge is 0.407 e. The highest BCUT2D eigenvalue weighted by Gasteiger charge is 1.99. The van der Waals surface area contributed by atoms with Gasteiger partial charge >= 0.3 is 6.09 Å². The molecule has 0 rings (SSSR count). The van der Waals surface area contributed by atoms with Crippen LogP contribution in [-0.4, -0.2) is 31.0 Å². The predicted molar refractivity (Wildman–Crippen MR) is 54.9 cm³/mol. The summed E-state index contributed by atoms with van der Waals surface area (Å²) in [6, 6.07) is 0. The van der Waals surface area contributed by atoms with E-state index in [1.807, 2.05) is 0 Å². The average Bonchev–Trinajstić information content (AvgIpc) is 2.20. The molecule has 2 N–H and O–H groups in total. The Morgan fingerprint density at radius 3 is 2.86 bits per heavy atom. The molecule has 0 saturated heterocycles. The summed E-state index contributed by atoms with van der Waals surface area (Å²) in [6.07, 6.45) is 4.45. The van der Waals surface area contributed by atoms with Crippen LogP contribution < -0.4 is 5.32 Å². The normalized spacial score (nSPS) is 9.79. The maximum Gasteiger partial charge on any atom is 0.407 e. The van der Waals surface area contributed by atoms with Crippen LogP contribution in [0.2, 0.25) is 0 Å². The monoisotopic (exact) mass is 197 g/mol. The van der Waals surface area contributed by atoms with E-state index in [9.17, 15) is 4.79 Å². The Hall–Kier alpha value is -1.55. The maximum absolute atomic E-state index is 10.9. The highest BCUT2D eigenvalue weighted by atomic mass is 16.5. The number of amides is 1. The molecule has 0 atom stereocenters. The van der Waals surface area contributed by atoms with E-state index in [1.165, 1.54) is 0 Å². The second kappa shape index (κ2) is 8.07. The number of alkyl carbamates (subject to hydrolysis) is 1. The molecule has 0 aliphatic carbocycles. The summed E-state index contributed by atoms with van der Waals surface area (Å²) in [6.45, 7) is 7.36. The molecule has 0 heterocycles. The minimum absolute atomic E-state index is 0.105. The number of rotatable bonds is 6. The van der Waals surface area contributed by atoms with Crippen molar-refractivity contribution >= 4 is 6.09 Å². The number of aliphatic hydroxyl groups excluding tert-OH is 1. The number of ether oxygens (including phenoxy) is 1. The van der Waals surface area contributed by atoms with Crippen molar-refractivity contribution < 1.29 is 14.6 Å². The first kappa shape index (κ1) is 12.4. The number of hydrogen-bond acceptors (Lipinski definition) is 3. The molecule has 0 aromatic rings. The number of carbonyl (C=O) groups is 1. The topological polar surface area (TPSA) is 58.6 Å². The van der Waals surface area contributed by atoms with Crippen molar-refractivity contribution in [2.45, 2.75) is 0 Å². The lowest BCUT2D eigenvalue weighted by molar-refractivity contribution is 0.153. The van der Waals surface area contributed by atoms with E-state index in [0.29, 0.717) is 5.57 Å². The summed E-state index contributed by atoms with van der Waals surface area (Å²) in [5.74, 6) is 0. The van der Waals surface area contributed by atoms with Gasteiger partial charge in [-0.3, -0.25) is 0 Å². The van der Waals surface area contributed by atoms with Gasteiger partial charge in [-0.05, 0) is 5.57 Å². The van der Waals surface area contributed by atoms with E-state index < -0.39 is 6.09 Å². The molecule has 1 amide bonds. The molecule has 0 aliphatic heterocycles. The Balaban J connectivity index is 3.60. The third kappa shape index (κ3) is 7.12. The quantitative estimate of drug-likeness (QED) is 0.624. The van der Waals surface area contributed by atoms with E-state index >= 15 is 0 Å². The third-order valence-electron chi connectivity index (χ3n) is 1.24. The van der Waals surface area contributed by atoms with Gasteiger partial charge in [-0.25, -0.2) is 4.79 Å². The average molecular weight is 197 g/mol. The molecule has 0 unspecified atom stereocenters. The van der Waals surface area contributed by atoms with Crippen molar-refractivity contribution in [3.05, 3.63) is 37.0 Å². The van der Waals surface area contributed by atoms with Crippen molar-refractivity contribution in [3.8, 4) is 0 Å². The second-order valence-electron chi connectivity index (χ2n) is 2.48. The molecule has 0 spiro atoms. The SMILES string of the molecule is C=C/C=C\C(=C)COC(=O)NCCO. The Morgan fingerprint density at radius 2 is 2.29 bits per heavy atom. The number of allylic oxidation sites excluding steroid dienone is 2. The summed E-state index contributed by atoms with van der Waals surface area (Å²) in [7, 11) is 0. The molecule has 4 nitrogen and oxygen atoms in total. The molecule has 4 heteroatoms. The van der Waals surface area contributed by atoms with Crippen molar-refractivity contribution in [1.82, 2.24) is 5.32 Å². The van der Waals surface area contributed by atoms with Gasteiger partial charge in [-0.2, -0.15) is 0 Å². The van der Waals surface area contributed by atoms with Crippen LogP contribution in [0.15, 0.2) is 37.0 Å². The largest absolute Gasteiger partial charge is 0.445 e. The minimum atomic E-state index is -0.563. The van der Waals surface area contributed by atoms with E-state index in [4.69, 9.17) is 9.84 Å². The third-order valence-corrected chi connectivity index (χ3v) is 1.24. The molecule has 78 valence electrons. The van der Waals surface area contributed by atoms with Crippen LogP contribution in [0, 0.1) is 0 Å². The second-order valence-corrected chi connectivity index (χ2v) is 2.48. The van der Waals surface area contributed by atoms with E-state index in [2.05, 4.69) is 18.5 Å². The zero-order valence-corrected chi connectivity index (χ0v) is 8.03. The van der Waals surface area contributed by atoms with E-state index in [1.54, 1.807) is 18.2 Å². The van der Waals surface area contributed by atoms with Crippen molar-refractivity contribution in [3.63, 3.8) is 0 Å². The zero-order valence-electron chi connectivity index (χ0n) is 8.03. The lowest BCUT2D eigenvalue weighted by Gasteiger charge is -2.04. The minimum Gasteiger partial charge on any atom is -0.445 e. The number of nitrogens with one attached hydrogen (secondary N) is 1. The number of aliphatic hydroxyl groups is 1. The van der Waals surface area contributed by atoms with Gasteiger partial charge in [0.15, 0.2) is 0 Å². The highest BCUT2D eigenvalue weighted by Crippen LogP contribution is 1.94. The predicted octanol–water partition coefficient (Wildman–Crippen LogP) is 1.00. The maximum atomic E-state index is 10.9. The van der Waals surface area contributed by atoms with Crippen LogP contribution >= 0.6 is 0 Å². The van der Waals surface area contributed by atoms with E-state index in [0.717, 1.165) is 0 Å². The molecule has 0 radical (unpaired) electrons. The Bertz CT molecular complexity index is 234. The van der Waals surface area contributed by atoms with Gasteiger partial charge in [0, 0.05) is 6.54 Å². The fourth-order valence-corrected chi connectivity index (χ4v) is 0.619. The van der Waals surface area contributed by atoms with Crippen LogP contribution in [0.4, 0.5) is 4.79 Å². The summed E-state index contributed by atoms with van der Waals surface area (Å²) in [5.41, 5.74) is 0.670. The summed E-state index contributed by atoms with van der Waals surface area (Å²) in [5, 5.41) is 10.7. The molecule has 0 saturated carbocycles. The lowest BCUT2D eigenvalue weighted by atomic mass is 10.3. The molecule has 0 aromatic carbocycles. The first-order valence-electron chi connectivity index (χ1n) is 4.19. The first-order valence-corrected chi connectivity index (χ1v) is 4.19. The van der Waals surface area contributed by atoms with Crippen molar-refractivity contribution in [2.24, 2.45) is 0 Å². The molecule has 0 fully saturated rings. The Kier molecular flexibility index (Phi) is 7.17. The molecule has 0 aromatic heterocycles. The summed E-state index contributed by atoms with van der Waals surface area (Å²) < 4.78 is 4.76. The molecule has 0 aliphatic rings. The Labute approximate surface area is 83.6 Å². The van der Waals surface area contributed by atoms with Crippen LogP contribution in [0.3, 0.4) is 0 Å². The summed E-state index contributed by atoms with van der Waals surface area (Å²) in [4.78, 5) is 10.9. The lowest BCUT2D eigenvalue weighted by Crippen LogP contribution is -2.27. The summed E-state index contributed by atoms with van der Waals surface area (Å²) >= 11 is 0. The highest BCUT2D eigenvalue weighted by molar-refractivity contribution is 5.67. The Morgan fingerprint density at radius 1 is 1.57 bits per heavy atom. The molecular formula is C10H15NO3. The van der Waals surface area contributed by atoms with E-state index in [-0.39, 0.29) is 19.8 Å². The van der Waals surface area contributed by atoms with Gasteiger partial charge in [0.05, 0.1) is 6.61 Å². The van der Waals surface area contributed by atoms with Crippen molar-refractivity contribution in [2.75, 3.05) is 19.8 Å². The zero-order chi connectivity index (χ0) is 10.8. The van der Waals surface area contributed by atoms with Gasteiger partial charge in [0.1, 0.15) is 6.61 Å². The number of carbonyl (C=O) groups excluding carboxylic acids is 1.